The van der Waals surface area contributed by atoms with E-state index >= 15 is 0 Å². The number of amides is 2. The van der Waals surface area contributed by atoms with Crippen LogP contribution in [0.1, 0.15) is 23.4 Å². The van der Waals surface area contributed by atoms with Gasteiger partial charge in [0.1, 0.15) is 0 Å². The average molecular weight is 303 g/mol. The summed E-state index contributed by atoms with van der Waals surface area (Å²) in [5.74, 6) is 0.679. The molecule has 0 radical (unpaired) electrons. The van der Waals surface area contributed by atoms with Crippen molar-refractivity contribution >= 4 is 17.4 Å². The Morgan fingerprint density at radius 1 is 1.24 bits per heavy atom. The monoisotopic (exact) mass is 303 g/mol. The zero-order chi connectivity index (χ0) is 14.8. The SMILES string of the molecule is Cc1ccc(-n2cc(C)sc2=NC(=O)N2CCCC2)nn1. The van der Waals surface area contributed by atoms with E-state index in [1.807, 2.05) is 36.7 Å². The Bertz CT molecular complexity index is 710. The second-order valence-corrected chi connectivity index (χ2v) is 6.33. The van der Waals surface area contributed by atoms with E-state index in [-0.39, 0.29) is 6.03 Å². The molecule has 3 rings (SSSR count). The summed E-state index contributed by atoms with van der Waals surface area (Å²) in [7, 11) is 0. The molecule has 1 aliphatic heterocycles. The van der Waals surface area contributed by atoms with Crippen LogP contribution in [0.3, 0.4) is 0 Å². The molecule has 2 aromatic rings. The van der Waals surface area contributed by atoms with E-state index < -0.39 is 0 Å². The Kier molecular flexibility index (Phi) is 3.83. The fourth-order valence-electron chi connectivity index (χ4n) is 2.28. The van der Waals surface area contributed by atoms with Gasteiger partial charge in [-0.05, 0) is 38.8 Å². The molecule has 7 heteroatoms. The molecular formula is C14H17N5OS. The quantitative estimate of drug-likeness (QED) is 0.810. The Hall–Kier alpha value is -2.02. The zero-order valence-electron chi connectivity index (χ0n) is 12.1. The molecular weight excluding hydrogens is 286 g/mol. The van der Waals surface area contributed by atoms with Gasteiger partial charge < -0.3 is 4.90 Å². The third-order valence-electron chi connectivity index (χ3n) is 3.37. The number of hydrogen-bond acceptors (Lipinski definition) is 4. The molecule has 1 saturated heterocycles. The van der Waals surface area contributed by atoms with Crippen molar-refractivity contribution in [3.63, 3.8) is 0 Å². The van der Waals surface area contributed by atoms with Crippen molar-refractivity contribution in [2.24, 2.45) is 4.99 Å². The smallest absolute Gasteiger partial charge is 0.323 e. The summed E-state index contributed by atoms with van der Waals surface area (Å²) in [5, 5.41) is 8.22. The second kappa shape index (κ2) is 5.77. The lowest BCUT2D eigenvalue weighted by Gasteiger charge is -2.10. The van der Waals surface area contributed by atoms with Gasteiger partial charge in [-0.2, -0.15) is 10.1 Å². The minimum atomic E-state index is -0.164. The molecule has 0 N–H and O–H groups in total. The van der Waals surface area contributed by atoms with Gasteiger partial charge in [-0.25, -0.2) is 4.79 Å². The lowest BCUT2D eigenvalue weighted by atomic mass is 10.4. The summed E-state index contributed by atoms with van der Waals surface area (Å²) in [6.45, 7) is 5.48. The lowest BCUT2D eigenvalue weighted by molar-refractivity contribution is 0.218. The van der Waals surface area contributed by atoms with Crippen LogP contribution in [0.4, 0.5) is 4.79 Å². The highest BCUT2D eigenvalue weighted by atomic mass is 32.1. The van der Waals surface area contributed by atoms with Gasteiger partial charge in [0.2, 0.25) is 4.80 Å². The van der Waals surface area contributed by atoms with Crippen LogP contribution in [0.2, 0.25) is 0 Å². The molecule has 3 heterocycles. The summed E-state index contributed by atoms with van der Waals surface area (Å²) < 4.78 is 1.82. The summed E-state index contributed by atoms with van der Waals surface area (Å²) in [6.07, 6.45) is 4.06. The number of urea groups is 1. The molecule has 1 fully saturated rings. The first-order chi connectivity index (χ1) is 10.1. The molecule has 0 bridgehead atoms. The van der Waals surface area contributed by atoms with Crippen molar-refractivity contribution in [3.05, 3.63) is 33.7 Å². The van der Waals surface area contributed by atoms with Gasteiger partial charge >= 0.3 is 6.03 Å². The number of aromatic nitrogens is 3. The van der Waals surface area contributed by atoms with Crippen molar-refractivity contribution in [3.8, 4) is 5.82 Å². The molecule has 0 aliphatic carbocycles. The van der Waals surface area contributed by atoms with Crippen LogP contribution in [0.25, 0.3) is 5.82 Å². The van der Waals surface area contributed by atoms with Gasteiger partial charge in [-0.15, -0.1) is 16.4 Å². The topological polar surface area (TPSA) is 63.4 Å². The lowest BCUT2D eigenvalue weighted by Crippen LogP contribution is -2.27. The highest BCUT2D eigenvalue weighted by molar-refractivity contribution is 7.09. The largest absolute Gasteiger partial charge is 0.346 e. The number of likely N-dealkylation sites (tertiary alicyclic amines) is 1. The highest BCUT2D eigenvalue weighted by Gasteiger charge is 2.17. The zero-order valence-corrected chi connectivity index (χ0v) is 12.9. The van der Waals surface area contributed by atoms with Crippen molar-refractivity contribution < 1.29 is 4.79 Å². The molecule has 1 aliphatic rings. The molecule has 0 aromatic carbocycles. The number of rotatable bonds is 1. The Morgan fingerprint density at radius 3 is 2.67 bits per heavy atom. The molecule has 6 nitrogen and oxygen atoms in total. The number of carbonyl (C=O) groups is 1. The third kappa shape index (κ3) is 3.02. The van der Waals surface area contributed by atoms with E-state index in [1.54, 1.807) is 4.90 Å². The summed E-state index contributed by atoms with van der Waals surface area (Å²) >= 11 is 1.48. The normalized spacial score (nSPS) is 15.7. The van der Waals surface area contributed by atoms with Crippen molar-refractivity contribution in [2.45, 2.75) is 26.7 Å². The molecule has 0 unspecified atom stereocenters. The fourth-order valence-corrected chi connectivity index (χ4v) is 3.09. The molecule has 2 amide bonds. The maximum Gasteiger partial charge on any atom is 0.346 e. The van der Waals surface area contributed by atoms with E-state index in [4.69, 9.17) is 0 Å². The summed E-state index contributed by atoms with van der Waals surface area (Å²) in [6, 6.07) is 3.62. The van der Waals surface area contributed by atoms with E-state index in [0.717, 1.165) is 36.5 Å². The first-order valence-corrected chi connectivity index (χ1v) is 7.78. The van der Waals surface area contributed by atoms with Gasteiger partial charge in [0.25, 0.3) is 0 Å². The highest BCUT2D eigenvalue weighted by Crippen LogP contribution is 2.10. The summed E-state index contributed by atoms with van der Waals surface area (Å²) in [5.41, 5.74) is 0.859. The Morgan fingerprint density at radius 2 is 2.00 bits per heavy atom. The maximum atomic E-state index is 12.2. The van der Waals surface area contributed by atoms with Crippen LogP contribution in [-0.2, 0) is 0 Å². The van der Waals surface area contributed by atoms with Crippen LogP contribution in [0.5, 0.6) is 0 Å². The van der Waals surface area contributed by atoms with Crippen molar-refractivity contribution in [1.82, 2.24) is 19.7 Å². The number of thiazole rings is 1. The van der Waals surface area contributed by atoms with Crippen LogP contribution in [0, 0.1) is 13.8 Å². The Labute approximate surface area is 126 Å². The van der Waals surface area contributed by atoms with Gasteiger partial charge in [-0.1, -0.05) is 0 Å². The Balaban J connectivity index is 1.99. The molecule has 0 spiro atoms. The van der Waals surface area contributed by atoms with Crippen LogP contribution in [-0.4, -0.2) is 38.8 Å². The number of nitrogens with zero attached hydrogens (tertiary/aromatic N) is 5. The van der Waals surface area contributed by atoms with Crippen LogP contribution >= 0.6 is 11.3 Å². The number of hydrogen-bond donors (Lipinski definition) is 0. The van der Waals surface area contributed by atoms with Crippen molar-refractivity contribution in [2.75, 3.05) is 13.1 Å². The molecule has 2 aromatic heterocycles. The summed E-state index contributed by atoms with van der Waals surface area (Å²) in [4.78, 5) is 19.9. The van der Waals surface area contributed by atoms with Crippen LogP contribution in [0.15, 0.2) is 23.3 Å². The number of carbonyl (C=O) groups excluding carboxylic acids is 1. The van der Waals surface area contributed by atoms with Gasteiger partial charge in [-0.3, -0.25) is 4.57 Å². The minimum Gasteiger partial charge on any atom is -0.323 e. The van der Waals surface area contributed by atoms with E-state index in [2.05, 4.69) is 15.2 Å². The molecule has 0 atom stereocenters. The standard InChI is InChI=1S/C14H17N5OS/c1-10-5-6-12(17-16-10)19-9-11(2)21-14(19)15-13(20)18-7-3-4-8-18/h5-6,9H,3-4,7-8H2,1-2H3. The average Bonchev–Trinajstić information content (AvgIpc) is 3.09. The van der Waals surface area contributed by atoms with E-state index in [1.165, 1.54) is 11.3 Å². The predicted octanol–water partition coefficient (Wildman–Crippen LogP) is 2.06. The van der Waals surface area contributed by atoms with E-state index in [0.29, 0.717) is 10.6 Å². The number of aryl methyl sites for hydroxylation is 2. The van der Waals surface area contributed by atoms with Crippen LogP contribution < -0.4 is 4.80 Å². The first-order valence-electron chi connectivity index (χ1n) is 6.97. The molecule has 21 heavy (non-hydrogen) atoms. The minimum absolute atomic E-state index is 0.164. The fraction of sp³-hybridized carbons (Fsp3) is 0.429. The predicted molar refractivity (Wildman–Crippen MR) is 80.5 cm³/mol. The second-order valence-electron chi connectivity index (χ2n) is 5.12. The van der Waals surface area contributed by atoms with Gasteiger partial charge in [0, 0.05) is 24.2 Å². The maximum absolute atomic E-state index is 12.2. The third-order valence-corrected chi connectivity index (χ3v) is 4.27. The molecule has 0 saturated carbocycles. The van der Waals surface area contributed by atoms with Crippen molar-refractivity contribution in [1.29, 1.82) is 0 Å². The molecule has 110 valence electrons. The van der Waals surface area contributed by atoms with E-state index in [9.17, 15) is 4.79 Å². The first kappa shape index (κ1) is 13.9. The van der Waals surface area contributed by atoms with Gasteiger partial charge in [0.05, 0.1) is 5.69 Å². The van der Waals surface area contributed by atoms with Gasteiger partial charge in [0.15, 0.2) is 5.82 Å².